The molecule has 1 heterocycles. The van der Waals surface area contributed by atoms with Crippen LogP contribution in [0.25, 0.3) is 0 Å². The molecule has 2 aromatic carbocycles. The predicted octanol–water partition coefficient (Wildman–Crippen LogP) is 0.583. The lowest BCUT2D eigenvalue weighted by Gasteiger charge is -2.20. The number of hydrogen-bond donors (Lipinski definition) is 2. The summed E-state index contributed by atoms with van der Waals surface area (Å²) in [7, 11) is 4.42. The van der Waals surface area contributed by atoms with Crippen LogP contribution in [0, 0.1) is 0 Å². The summed E-state index contributed by atoms with van der Waals surface area (Å²) >= 11 is 0. The molecule has 0 bridgehead atoms. The van der Waals surface area contributed by atoms with Gasteiger partial charge in [-0.3, -0.25) is 0 Å². The molecular formula is C21H30N2O2+2. The van der Waals surface area contributed by atoms with Crippen LogP contribution in [-0.4, -0.2) is 46.4 Å². The molecule has 4 heteroatoms. The van der Waals surface area contributed by atoms with E-state index in [1.807, 2.05) is 30.3 Å². The molecule has 134 valence electrons. The van der Waals surface area contributed by atoms with Crippen LogP contribution in [0.15, 0.2) is 60.7 Å². The molecule has 1 aliphatic heterocycles. The van der Waals surface area contributed by atoms with Crippen LogP contribution in [0.2, 0.25) is 0 Å². The summed E-state index contributed by atoms with van der Waals surface area (Å²) in [5, 5.41) is 0. The number of quaternary nitrogens is 2. The predicted molar refractivity (Wildman–Crippen MR) is 99.0 cm³/mol. The van der Waals surface area contributed by atoms with E-state index < -0.39 is 0 Å². The maximum absolute atomic E-state index is 6.37. The van der Waals surface area contributed by atoms with Gasteiger partial charge in [0.05, 0.1) is 27.2 Å². The molecule has 3 atom stereocenters. The molecule has 0 aromatic heterocycles. The largest absolute Gasteiger partial charge is 0.491 e. The third kappa shape index (κ3) is 5.30. The molecule has 0 spiro atoms. The molecule has 1 unspecified atom stereocenters. The van der Waals surface area contributed by atoms with Crippen molar-refractivity contribution in [1.82, 2.24) is 0 Å². The normalized spacial score (nSPS) is 23.1. The van der Waals surface area contributed by atoms with Crippen LogP contribution in [0.4, 0.5) is 0 Å². The SMILES string of the molecule is C[NH+](C)CCC[NH+]1C[C@H](COc2ccccc2)O[C@@H]1c1ccccc1. The van der Waals surface area contributed by atoms with Gasteiger partial charge in [-0.15, -0.1) is 0 Å². The summed E-state index contributed by atoms with van der Waals surface area (Å²) in [5.41, 5.74) is 1.26. The fourth-order valence-corrected chi connectivity index (χ4v) is 3.38. The molecule has 25 heavy (non-hydrogen) atoms. The van der Waals surface area contributed by atoms with Gasteiger partial charge in [0.2, 0.25) is 6.23 Å². The van der Waals surface area contributed by atoms with Crippen molar-refractivity contribution in [2.45, 2.75) is 18.8 Å². The molecule has 0 amide bonds. The number of para-hydroxylation sites is 1. The molecule has 0 aliphatic carbocycles. The lowest BCUT2D eigenvalue weighted by molar-refractivity contribution is -0.936. The minimum Gasteiger partial charge on any atom is -0.491 e. The number of hydrogen-bond acceptors (Lipinski definition) is 2. The minimum atomic E-state index is 0.114. The Labute approximate surface area is 151 Å². The van der Waals surface area contributed by atoms with Crippen molar-refractivity contribution in [2.75, 3.05) is 40.3 Å². The van der Waals surface area contributed by atoms with Gasteiger partial charge in [-0.2, -0.15) is 0 Å². The fourth-order valence-electron chi connectivity index (χ4n) is 3.38. The summed E-state index contributed by atoms with van der Waals surface area (Å²) in [6.07, 6.45) is 1.45. The summed E-state index contributed by atoms with van der Waals surface area (Å²) in [6, 6.07) is 20.6. The second-order valence-electron chi connectivity index (χ2n) is 7.10. The minimum absolute atomic E-state index is 0.114. The summed E-state index contributed by atoms with van der Waals surface area (Å²) in [5.74, 6) is 0.909. The highest BCUT2D eigenvalue weighted by Gasteiger charge is 2.38. The first-order valence-electron chi connectivity index (χ1n) is 9.24. The molecule has 1 aliphatic rings. The Morgan fingerprint density at radius 2 is 1.72 bits per heavy atom. The lowest BCUT2D eigenvalue weighted by atomic mass is 10.2. The van der Waals surface area contributed by atoms with Gasteiger partial charge in [0, 0.05) is 12.0 Å². The van der Waals surface area contributed by atoms with Crippen LogP contribution < -0.4 is 14.5 Å². The molecule has 4 nitrogen and oxygen atoms in total. The molecule has 1 saturated heterocycles. The average Bonchev–Trinajstić information content (AvgIpc) is 3.04. The van der Waals surface area contributed by atoms with Gasteiger partial charge < -0.3 is 19.3 Å². The third-order valence-corrected chi connectivity index (χ3v) is 4.65. The first-order valence-corrected chi connectivity index (χ1v) is 9.24. The third-order valence-electron chi connectivity index (χ3n) is 4.65. The van der Waals surface area contributed by atoms with Gasteiger partial charge in [0.25, 0.3) is 0 Å². The molecule has 3 rings (SSSR count). The number of rotatable bonds is 8. The zero-order valence-corrected chi connectivity index (χ0v) is 15.3. The van der Waals surface area contributed by atoms with E-state index in [1.165, 1.54) is 28.3 Å². The van der Waals surface area contributed by atoms with Crippen LogP contribution in [0.5, 0.6) is 5.75 Å². The van der Waals surface area contributed by atoms with Gasteiger partial charge in [0.1, 0.15) is 25.0 Å². The standard InChI is InChI=1S/C21H28N2O2/c1-22(2)14-9-15-23-16-20(17-24-19-12-7-4-8-13-19)25-21(23)18-10-5-3-6-11-18/h3-8,10-13,20-21H,9,14-17H2,1-2H3/p+2/t20-,21-/m1/s1. The Morgan fingerprint density at radius 3 is 2.40 bits per heavy atom. The van der Waals surface area contributed by atoms with Crippen LogP contribution in [0.1, 0.15) is 18.2 Å². The van der Waals surface area contributed by atoms with Crippen molar-refractivity contribution in [3.63, 3.8) is 0 Å². The van der Waals surface area contributed by atoms with E-state index in [2.05, 4.69) is 44.4 Å². The summed E-state index contributed by atoms with van der Waals surface area (Å²) in [6.45, 7) is 3.92. The molecular weight excluding hydrogens is 312 g/mol. The Kier molecular flexibility index (Phi) is 6.45. The van der Waals surface area contributed by atoms with Gasteiger partial charge in [0.15, 0.2) is 0 Å². The fraction of sp³-hybridized carbons (Fsp3) is 0.429. The van der Waals surface area contributed by atoms with E-state index in [1.54, 1.807) is 0 Å². The van der Waals surface area contributed by atoms with E-state index in [0.717, 1.165) is 18.8 Å². The zero-order valence-electron chi connectivity index (χ0n) is 15.3. The van der Waals surface area contributed by atoms with Crippen molar-refractivity contribution >= 4 is 0 Å². The number of nitrogens with one attached hydrogen (secondary N) is 2. The van der Waals surface area contributed by atoms with Gasteiger partial charge in [-0.1, -0.05) is 48.5 Å². The zero-order chi connectivity index (χ0) is 17.5. The van der Waals surface area contributed by atoms with E-state index >= 15 is 0 Å². The molecule has 2 N–H and O–H groups in total. The topological polar surface area (TPSA) is 27.3 Å². The van der Waals surface area contributed by atoms with E-state index in [4.69, 9.17) is 9.47 Å². The Morgan fingerprint density at radius 1 is 1.04 bits per heavy atom. The average molecular weight is 342 g/mol. The highest BCUT2D eigenvalue weighted by molar-refractivity contribution is 5.21. The second-order valence-corrected chi connectivity index (χ2v) is 7.10. The number of ether oxygens (including phenoxy) is 2. The monoisotopic (exact) mass is 342 g/mol. The maximum atomic E-state index is 6.37. The van der Waals surface area contributed by atoms with Crippen LogP contribution >= 0.6 is 0 Å². The smallest absolute Gasteiger partial charge is 0.219 e. The quantitative estimate of drug-likeness (QED) is 0.735. The Bertz CT molecular complexity index is 618. The van der Waals surface area contributed by atoms with Crippen LogP contribution in [0.3, 0.4) is 0 Å². The van der Waals surface area contributed by atoms with Crippen molar-refractivity contribution in [1.29, 1.82) is 0 Å². The van der Waals surface area contributed by atoms with Crippen molar-refractivity contribution < 1.29 is 19.3 Å². The Balaban J connectivity index is 1.60. The lowest BCUT2D eigenvalue weighted by Crippen LogP contribution is -3.12. The highest BCUT2D eigenvalue weighted by Crippen LogP contribution is 2.18. The maximum Gasteiger partial charge on any atom is 0.219 e. The van der Waals surface area contributed by atoms with Gasteiger partial charge >= 0.3 is 0 Å². The first-order chi connectivity index (χ1) is 12.2. The second kappa shape index (κ2) is 8.99. The molecule has 1 fully saturated rings. The van der Waals surface area contributed by atoms with Crippen molar-refractivity contribution in [3.05, 3.63) is 66.2 Å². The molecule has 0 saturated carbocycles. The summed E-state index contributed by atoms with van der Waals surface area (Å²) < 4.78 is 12.3. The van der Waals surface area contributed by atoms with E-state index in [9.17, 15) is 0 Å². The molecule has 2 aromatic rings. The van der Waals surface area contributed by atoms with E-state index in [0.29, 0.717) is 6.61 Å². The van der Waals surface area contributed by atoms with Crippen LogP contribution in [-0.2, 0) is 4.74 Å². The summed E-state index contributed by atoms with van der Waals surface area (Å²) in [4.78, 5) is 3.01. The van der Waals surface area contributed by atoms with Gasteiger partial charge in [-0.05, 0) is 12.1 Å². The van der Waals surface area contributed by atoms with Crippen molar-refractivity contribution in [3.8, 4) is 5.75 Å². The first kappa shape index (κ1) is 17.9. The van der Waals surface area contributed by atoms with E-state index in [-0.39, 0.29) is 12.3 Å². The van der Waals surface area contributed by atoms with Crippen molar-refractivity contribution in [2.24, 2.45) is 0 Å². The molecule has 0 radical (unpaired) electrons. The number of benzene rings is 2. The van der Waals surface area contributed by atoms with Gasteiger partial charge in [-0.25, -0.2) is 0 Å². The highest BCUT2D eigenvalue weighted by atomic mass is 16.6. The Hall–Kier alpha value is -1.88.